The third kappa shape index (κ3) is 3.76. The van der Waals surface area contributed by atoms with Gasteiger partial charge in [0, 0.05) is 13.1 Å². The third-order valence-corrected chi connectivity index (χ3v) is 6.68. The Hall–Kier alpha value is -2.04. The van der Waals surface area contributed by atoms with Gasteiger partial charge in [-0.2, -0.15) is 5.10 Å². The van der Waals surface area contributed by atoms with Crippen molar-refractivity contribution in [3.63, 3.8) is 0 Å². The Morgan fingerprint density at radius 3 is 2.82 bits per heavy atom. The Kier molecular flexibility index (Phi) is 5.61. The number of hydrogen-bond donors (Lipinski definition) is 3. The second-order valence-electron chi connectivity index (χ2n) is 6.90. The fraction of sp³-hybridized carbons (Fsp3) is 0.389. The monoisotopic (exact) mass is 463 g/mol. The first-order valence-corrected chi connectivity index (χ1v) is 11.1. The molecule has 4 rings (SSSR count). The Balaban J connectivity index is 1.76. The normalized spacial score (nSPS) is 16.5. The number of rotatable bonds is 5. The van der Waals surface area contributed by atoms with Crippen LogP contribution in [-0.2, 0) is 11.0 Å². The molecule has 8 nitrogen and oxygen atoms in total. The van der Waals surface area contributed by atoms with E-state index in [2.05, 4.69) is 58.0 Å². The molecule has 0 aliphatic carbocycles. The lowest BCUT2D eigenvalue weighted by Gasteiger charge is -2.33. The second kappa shape index (κ2) is 8.14. The Morgan fingerprint density at radius 1 is 1.29 bits per heavy atom. The van der Waals surface area contributed by atoms with Gasteiger partial charge in [-0.3, -0.25) is 5.10 Å². The zero-order valence-electron chi connectivity index (χ0n) is 15.7. The molecule has 148 valence electrons. The van der Waals surface area contributed by atoms with Crippen LogP contribution in [-0.4, -0.2) is 44.5 Å². The van der Waals surface area contributed by atoms with Crippen molar-refractivity contribution in [3.8, 4) is 0 Å². The van der Waals surface area contributed by atoms with E-state index in [1.807, 2.05) is 18.2 Å². The van der Waals surface area contributed by atoms with E-state index in [1.165, 1.54) is 6.33 Å². The van der Waals surface area contributed by atoms with E-state index in [1.54, 1.807) is 7.05 Å². The summed E-state index contributed by atoms with van der Waals surface area (Å²) in [7, 11) is 0.410. The average Bonchev–Trinajstić information content (AvgIpc) is 3.10. The predicted octanol–water partition coefficient (Wildman–Crippen LogP) is 3.34. The van der Waals surface area contributed by atoms with E-state index >= 15 is 0 Å². The van der Waals surface area contributed by atoms with Crippen LogP contribution >= 0.6 is 15.9 Å². The highest BCUT2D eigenvalue weighted by molar-refractivity contribution is 9.10. The topological polar surface area (TPSA) is 98.8 Å². The van der Waals surface area contributed by atoms with Gasteiger partial charge in [0.05, 0.1) is 21.7 Å². The molecule has 1 atom stereocenters. The highest BCUT2D eigenvalue weighted by atomic mass is 79.9. The molecule has 28 heavy (non-hydrogen) atoms. The zero-order valence-corrected chi connectivity index (χ0v) is 18.1. The first kappa shape index (κ1) is 19.3. The zero-order chi connectivity index (χ0) is 19.7. The maximum Gasteiger partial charge on any atom is 0.187 e. The van der Waals surface area contributed by atoms with Crippen LogP contribution in [0.25, 0.3) is 11.0 Å². The molecule has 1 saturated heterocycles. The van der Waals surface area contributed by atoms with Crippen molar-refractivity contribution in [2.24, 2.45) is 5.92 Å². The van der Waals surface area contributed by atoms with Crippen LogP contribution in [0, 0.1) is 5.92 Å². The van der Waals surface area contributed by atoms with Gasteiger partial charge in [0.2, 0.25) is 0 Å². The van der Waals surface area contributed by atoms with Crippen molar-refractivity contribution < 1.29 is 4.21 Å². The van der Waals surface area contributed by atoms with Crippen LogP contribution in [0.1, 0.15) is 19.8 Å². The molecule has 3 N–H and O–H groups in total. The fourth-order valence-electron chi connectivity index (χ4n) is 3.42. The van der Waals surface area contributed by atoms with Gasteiger partial charge in [-0.1, -0.05) is 6.92 Å². The van der Waals surface area contributed by atoms with Crippen molar-refractivity contribution in [3.05, 3.63) is 29.1 Å². The summed E-state index contributed by atoms with van der Waals surface area (Å²) in [6, 6.07) is 5.86. The first-order chi connectivity index (χ1) is 13.6. The lowest BCUT2D eigenvalue weighted by molar-refractivity contribution is 0.438. The lowest BCUT2D eigenvalue weighted by atomic mass is 9.98. The molecule has 1 fully saturated rings. The van der Waals surface area contributed by atoms with Crippen molar-refractivity contribution in [1.82, 2.24) is 24.9 Å². The number of nitrogens with zero attached hydrogens (tertiary/aromatic N) is 4. The first-order valence-electron chi connectivity index (χ1n) is 9.16. The summed E-state index contributed by atoms with van der Waals surface area (Å²) in [5, 5.41) is 11.3. The van der Waals surface area contributed by atoms with Gasteiger partial charge in [-0.05, 0) is 59.9 Å². The van der Waals surface area contributed by atoms with Crippen LogP contribution in [0.15, 0.2) is 34.0 Å². The molecule has 2 aromatic heterocycles. The van der Waals surface area contributed by atoms with Gasteiger partial charge in [0.15, 0.2) is 5.65 Å². The molecule has 3 heterocycles. The second-order valence-corrected chi connectivity index (χ2v) is 9.11. The van der Waals surface area contributed by atoms with E-state index < -0.39 is 11.0 Å². The van der Waals surface area contributed by atoms with Crippen molar-refractivity contribution in [1.29, 1.82) is 0 Å². The number of aromatic nitrogens is 4. The molecule has 0 saturated carbocycles. The predicted molar refractivity (Wildman–Crippen MR) is 115 cm³/mol. The standard InChI is InChI=1S/C18H22BrN7OS/c1-11-5-7-26(8-6-11)14-4-3-12(28(27)20-2)9-13(14)23-17-15-16(19)24-25-18(15)22-10-21-17/h3-4,9-11,20H,5-8H2,1-2H3,(H2,21,22,23,24,25). The number of halogens is 1. The van der Waals surface area contributed by atoms with Crippen LogP contribution in [0.2, 0.25) is 0 Å². The molecule has 0 radical (unpaired) electrons. The number of aromatic amines is 1. The smallest absolute Gasteiger partial charge is 0.187 e. The molecule has 3 aromatic rings. The third-order valence-electron chi connectivity index (χ3n) is 5.05. The van der Waals surface area contributed by atoms with Crippen LogP contribution < -0.4 is 14.9 Å². The van der Waals surface area contributed by atoms with Gasteiger partial charge in [-0.15, -0.1) is 0 Å². The summed E-state index contributed by atoms with van der Waals surface area (Å²) in [6.45, 7) is 4.29. The number of fused-ring (bicyclic) bond motifs is 1. The number of benzene rings is 1. The molecular formula is C18H22BrN7OS. The minimum Gasteiger partial charge on any atom is -0.370 e. The van der Waals surface area contributed by atoms with Gasteiger partial charge in [0.1, 0.15) is 27.7 Å². The molecule has 0 amide bonds. The molecule has 1 aliphatic rings. The number of hydrogen-bond acceptors (Lipinski definition) is 6. The number of anilines is 3. The van der Waals surface area contributed by atoms with Gasteiger partial charge in [-0.25, -0.2) is 18.9 Å². The molecule has 1 aromatic carbocycles. The SMILES string of the molecule is CNS(=O)c1ccc(N2CCC(C)CC2)c(Nc2ncnc3n[nH]c(Br)c23)c1. The molecule has 0 bridgehead atoms. The van der Waals surface area contributed by atoms with Crippen molar-refractivity contribution >= 4 is 55.1 Å². The maximum atomic E-state index is 12.3. The Labute approximate surface area is 174 Å². The van der Waals surface area contributed by atoms with E-state index in [4.69, 9.17) is 0 Å². The van der Waals surface area contributed by atoms with E-state index in [9.17, 15) is 4.21 Å². The molecule has 0 spiro atoms. The summed E-state index contributed by atoms with van der Waals surface area (Å²) >= 11 is 3.47. The molecule has 1 unspecified atom stereocenters. The number of H-pyrrole nitrogens is 1. The molecule has 10 heteroatoms. The summed E-state index contributed by atoms with van der Waals surface area (Å²) in [6.07, 6.45) is 3.80. The van der Waals surface area contributed by atoms with E-state index in [0.717, 1.165) is 48.6 Å². The van der Waals surface area contributed by atoms with Crippen molar-refractivity contribution in [2.45, 2.75) is 24.7 Å². The number of nitrogens with one attached hydrogen (secondary N) is 3. The van der Waals surface area contributed by atoms with Gasteiger partial charge < -0.3 is 10.2 Å². The summed E-state index contributed by atoms with van der Waals surface area (Å²) in [5.41, 5.74) is 2.52. The van der Waals surface area contributed by atoms with E-state index in [0.29, 0.717) is 21.0 Å². The van der Waals surface area contributed by atoms with Gasteiger partial charge >= 0.3 is 0 Å². The minimum absolute atomic E-state index is 0.577. The Morgan fingerprint density at radius 2 is 2.07 bits per heavy atom. The highest BCUT2D eigenvalue weighted by Crippen LogP contribution is 2.35. The minimum atomic E-state index is -1.27. The quantitative estimate of drug-likeness (QED) is 0.536. The number of piperidine rings is 1. The summed E-state index contributed by atoms with van der Waals surface area (Å²) in [5.74, 6) is 1.39. The Bertz CT molecular complexity index is 1020. The largest absolute Gasteiger partial charge is 0.370 e. The van der Waals surface area contributed by atoms with Crippen LogP contribution in [0.5, 0.6) is 0 Å². The summed E-state index contributed by atoms with van der Waals surface area (Å²) in [4.78, 5) is 11.7. The van der Waals surface area contributed by atoms with E-state index in [-0.39, 0.29) is 0 Å². The van der Waals surface area contributed by atoms with Gasteiger partial charge in [0.25, 0.3) is 0 Å². The lowest BCUT2D eigenvalue weighted by Crippen LogP contribution is -2.33. The molecular weight excluding hydrogens is 442 g/mol. The van der Waals surface area contributed by atoms with Crippen molar-refractivity contribution in [2.75, 3.05) is 30.4 Å². The molecule has 1 aliphatic heterocycles. The summed E-state index contributed by atoms with van der Waals surface area (Å²) < 4.78 is 15.8. The maximum absolute atomic E-state index is 12.3. The fourth-order valence-corrected chi connectivity index (χ4v) is 4.52. The highest BCUT2D eigenvalue weighted by Gasteiger charge is 2.21. The van der Waals surface area contributed by atoms with Crippen LogP contribution in [0.3, 0.4) is 0 Å². The average molecular weight is 464 g/mol. The van der Waals surface area contributed by atoms with Crippen LogP contribution in [0.4, 0.5) is 17.2 Å².